The summed E-state index contributed by atoms with van der Waals surface area (Å²) in [5, 5.41) is 0. The lowest BCUT2D eigenvalue weighted by Crippen LogP contribution is -2.15. The molecule has 4 nitrogen and oxygen atoms in total. The molecular weight excluding hydrogens is 373 g/mol. The van der Waals surface area contributed by atoms with Crippen LogP contribution in [0.2, 0.25) is 0 Å². The Hall–Kier alpha value is -1.74. The zero-order chi connectivity index (χ0) is 15.8. The average Bonchev–Trinajstić information content (AvgIpc) is 2.39. The van der Waals surface area contributed by atoms with Gasteiger partial charge in [-0.3, -0.25) is 4.72 Å². The van der Waals surface area contributed by atoms with E-state index in [9.17, 15) is 21.6 Å². The zero-order valence-corrected chi connectivity index (χ0v) is 12.6. The summed E-state index contributed by atoms with van der Waals surface area (Å²) in [6, 6.07) is 5.28. The van der Waals surface area contributed by atoms with Crippen LogP contribution >= 0.6 is 15.9 Å². The standard InChI is InChI=1S/C12H8BrF3N2O2S/c13-7-5-6(17)1-4-10(7)21(19,20)18-9-3-2-8(14)11(15)12(9)16/h1-5,18H,17H2. The van der Waals surface area contributed by atoms with E-state index >= 15 is 0 Å². The number of nitrogen functional groups attached to an aromatic ring is 1. The van der Waals surface area contributed by atoms with Crippen LogP contribution in [0.25, 0.3) is 0 Å². The van der Waals surface area contributed by atoms with Gasteiger partial charge in [0.1, 0.15) is 4.90 Å². The molecule has 0 atom stereocenters. The minimum atomic E-state index is -4.19. The summed E-state index contributed by atoms with van der Waals surface area (Å²) in [6.45, 7) is 0. The number of anilines is 2. The van der Waals surface area contributed by atoms with Crippen LogP contribution in [-0.2, 0) is 10.0 Å². The van der Waals surface area contributed by atoms with Crippen molar-refractivity contribution in [3.05, 3.63) is 52.3 Å². The number of hydrogen-bond donors (Lipinski definition) is 2. The molecule has 3 N–H and O–H groups in total. The van der Waals surface area contributed by atoms with E-state index in [0.29, 0.717) is 11.8 Å². The van der Waals surface area contributed by atoms with Gasteiger partial charge in [-0.15, -0.1) is 0 Å². The lowest BCUT2D eigenvalue weighted by molar-refractivity contribution is 0.449. The molecule has 0 fully saturated rings. The van der Waals surface area contributed by atoms with Crippen LogP contribution in [0, 0.1) is 17.5 Å². The summed E-state index contributed by atoms with van der Waals surface area (Å²) >= 11 is 3.01. The maximum Gasteiger partial charge on any atom is 0.263 e. The first kappa shape index (κ1) is 15.6. The van der Waals surface area contributed by atoms with Gasteiger partial charge in [-0.1, -0.05) is 0 Å². The van der Waals surface area contributed by atoms with E-state index in [0.717, 1.165) is 6.07 Å². The van der Waals surface area contributed by atoms with Crippen molar-refractivity contribution in [3.8, 4) is 0 Å². The van der Waals surface area contributed by atoms with Gasteiger partial charge in [0.05, 0.1) is 5.69 Å². The Morgan fingerprint density at radius 1 is 1.05 bits per heavy atom. The highest BCUT2D eigenvalue weighted by Crippen LogP contribution is 2.28. The van der Waals surface area contributed by atoms with E-state index in [4.69, 9.17) is 5.73 Å². The summed E-state index contributed by atoms with van der Waals surface area (Å²) in [5.74, 6) is -4.79. The van der Waals surface area contributed by atoms with Gasteiger partial charge in [0.2, 0.25) is 0 Å². The molecule has 0 radical (unpaired) electrons. The fraction of sp³-hybridized carbons (Fsp3) is 0. The molecule has 0 aliphatic heterocycles. The maximum atomic E-state index is 13.5. The summed E-state index contributed by atoms with van der Waals surface area (Å²) in [4.78, 5) is -0.221. The third-order valence-electron chi connectivity index (χ3n) is 2.52. The molecule has 21 heavy (non-hydrogen) atoms. The maximum absolute atomic E-state index is 13.5. The lowest BCUT2D eigenvalue weighted by atomic mass is 10.3. The molecule has 0 aliphatic rings. The van der Waals surface area contributed by atoms with E-state index in [-0.39, 0.29) is 9.37 Å². The van der Waals surface area contributed by atoms with Gasteiger partial charge in [0.15, 0.2) is 17.5 Å². The number of hydrogen-bond acceptors (Lipinski definition) is 3. The number of nitrogens with one attached hydrogen (secondary N) is 1. The third-order valence-corrected chi connectivity index (χ3v) is 4.87. The van der Waals surface area contributed by atoms with Gasteiger partial charge in [-0.2, -0.15) is 0 Å². The van der Waals surface area contributed by atoms with Gasteiger partial charge >= 0.3 is 0 Å². The largest absolute Gasteiger partial charge is 0.399 e. The van der Waals surface area contributed by atoms with Crippen molar-refractivity contribution >= 4 is 37.3 Å². The van der Waals surface area contributed by atoms with Gasteiger partial charge in [0.25, 0.3) is 10.0 Å². The molecule has 0 aromatic heterocycles. The molecule has 0 amide bonds. The Kier molecular flexibility index (Phi) is 4.15. The van der Waals surface area contributed by atoms with Crippen LogP contribution in [0.1, 0.15) is 0 Å². The molecule has 9 heteroatoms. The number of sulfonamides is 1. The second kappa shape index (κ2) is 5.57. The van der Waals surface area contributed by atoms with Crippen LogP contribution in [0.15, 0.2) is 39.7 Å². The van der Waals surface area contributed by atoms with Crippen molar-refractivity contribution in [1.82, 2.24) is 0 Å². The predicted octanol–water partition coefficient (Wildman–Crippen LogP) is 3.25. The van der Waals surface area contributed by atoms with Crippen LogP contribution in [0.5, 0.6) is 0 Å². The van der Waals surface area contributed by atoms with Crippen molar-refractivity contribution in [3.63, 3.8) is 0 Å². The molecule has 0 heterocycles. The number of rotatable bonds is 3. The highest BCUT2D eigenvalue weighted by atomic mass is 79.9. The smallest absolute Gasteiger partial charge is 0.263 e. The van der Waals surface area contributed by atoms with Crippen LogP contribution < -0.4 is 10.5 Å². The number of benzene rings is 2. The van der Waals surface area contributed by atoms with Gasteiger partial charge in [0, 0.05) is 10.2 Å². The van der Waals surface area contributed by atoms with E-state index in [2.05, 4.69) is 15.9 Å². The van der Waals surface area contributed by atoms with Crippen LogP contribution in [-0.4, -0.2) is 8.42 Å². The third kappa shape index (κ3) is 3.13. The highest BCUT2D eigenvalue weighted by Gasteiger charge is 2.22. The van der Waals surface area contributed by atoms with Crippen molar-refractivity contribution in [2.75, 3.05) is 10.5 Å². The molecule has 0 saturated heterocycles. The molecule has 2 rings (SSSR count). The SMILES string of the molecule is Nc1ccc(S(=O)(=O)Nc2ccc(F)c(F)c2F)c(Br)c1. The minimum absolute atomic E-state index is 0.151. The van der Waals surface area contributed by atoms with Crippen molar-refractivity contribution in [2.45, 2.75) is 4.90 Å². The minimum Gasteiger partial charge on any atom is -0.399 e. The van der Waals surface area contributed by atoms with Crippen molar-refractivity contribution < 1.29 is 21.6 Å². The van der Waals surface area contributed by atoms with Crippen LogP contribution in [0.3, 0.4) is 0 Å². The molecule has 0 unspecified atom stereocenters. The van der Waals surface area contributed by atoms with Gasteiger partial charge in [-0.25, -0.2) is 21.6 Å². The normalized spacial score (nSPS) is 11.4. The number of nitrogens with two attached hydrogens (primary N) is 1. The van der Waals surface area contributed by atoms with E-state index in [1.54, 1.807) is 0 Å². The predicted molar refractivity (Wildman–Crippen MR) is 75.7 cm³/mol. The Balaban J connectivity index is 2.45. The summed E-state index contributed by atoms with van der Waals surface area (Å²) in [6.07, 6.45) is 0. The summed E-state index contributed by atoms with van der Waals surface area (Å²) in [7, 11) is -4.19. The van der Waals surface area contributed by atoms with E-state index < -0.39 is 33.2 Å². The zero-order valence-electron chi connectivity index (χ0n) is 10.2. The number of halogens is 4. The first-order valence-corrected chi connectivity index (χ1v) is 7.71. The van der Waals surface area contributed by atoms with E-state index in [1.807, 2.05) is 4.72 Å². The quantitative estimate of drug-likeness (QED) is 0.634. The van der Waals surface area contributed by atoms with Crippen molar-refractivity contribution in [1.29, 1.82) is 0 Å². The lowest BCUT2D eigenvalue weighted by Gasteiger charge is -2.11. The Bertz CT molecular complexity index is 812. The van der Waals surface area contributed by atoms with Gasteiger partial charge in [-0.05, 0) is 46.3 Å². The van der Waals surface area contributed by atoms with E-state index in [1.165, 1.54) is 18.2 Å². The average molecular weight is 381 g/mol. The topological polar surface area (TPSA) is 72.2 Å². The highest BCUT2D eigenvalue weighted by molar-refractivity contribution is 9.10. The molecule has 2 aromatic rings. The molecule has 0 spiro atoms. The second-order valence-corrected chi connectivity index (χ2v) is 6.52. The fourth-order valence-electron chi connectivity index (χ4n) is 1.54. The monoisotopic (exact) mass is 380 g/mol. The molecule has 112 valence electrons. The molecular formula is C12H8BrF3N2O2S. The summed E-state index contributed by atoms with van der Waals surface area (Å²) < 4.78 is 65.6. The van der Waals surface area contributed by atoms with Crippen molar-refractivity contribution in [2.24, 2.45) is 0 Å². The molecule has 2 aromatic carbocycles. The Morgan fingerprint density at radius 3 is 2.33 bits per heavy atom. The summed E-state index contributed by atoms with van der Waals surface area (Å²) in [5.41, 5.74) is 5.11. The first-order chi connectivity index (χ1) is 9.72. The fourth-order valence-corrected chi connectivity index (χ4v) is 3.70. The second-order valence-electron chi connectivity index (χ2n) is 4.02. The molecule has 0 saturated carbocycles. The van der Waals surface area contributed by atoms with Crippen LogP contribution in [0.4, 0.5) is 24.5 Å². The first-order valence-electron chi connectivity index (χ1n) is 5.43. The Labute approximate surface area is 127 Å². The Morgan fingerprint density at radius 2 is 1.71 bits per heavy atom. The van der Waals surface area contributed by atoms with Gasteiger partial charge < -0.3 is 5.73 Å². The molecule has 0 bridgehead atoms. The molecule has 0 aliphatic carbocycles.